The maximum Gasteiger partial charge on any atom is 0.324 e. The van der Waals surface area contributed by atoms with Gasteiger partial charge >= 0.3 is 11.9 Å². The van der Waals surface area contributed by atoms with Crippen LogP contribution in [0.2, 0.25) is 0 Å². The summed E-state index contributed by atoms with van der Waals surface area (Å²) in [5.41, 5.74) is 0.480. The summed E-state index contributed by atoms with van der Waals surface area (Å²) < 4.78 is 16.9. The van der Waals surface area contributed by atoms with E-state index in [0.29, 0.717) is 30.0 Å². The van der Waals surface area contributed by atoms with Crippen LogP contribution in [0.3, 0.4) is 0 Å². The number of carbonyl (C=O) groups excluding carboxylic acids is 2. The number of nitrogens with zero attached hydrogens (tertiary/aromatic N) is 1. The van der Waals surface area contributed by atoms with E-state index in [1.807, 2.05) is 43.5 Å². The second-order valence-corrected chi connectivity index (χ2v) is 10.3. The summed E-state index contributed by atoms with van der Waals surface area (Å²) in [6.45, 7) is 9.01. The quantitative estimate of drug-likeness (QED) is 0.348. The Morgan fingerprint density at radius 3 is 2.72 bits per heavy atom. The fourth-order valence-electron chi connectivity index (χ4n) is 4.18. The van der Waals surface area contributed by atoms with Gasteiger partial charge in [-0.1, -0.05) is 31.5 Å². The molecule has 8 heteroatoms. The third-order valence-electron chi connectivity index (χ3n) is 6.08. The SMILES string of the molecule is Cc1ccc(Nc2nc([C@]3(C)C[C@@]4(C[C@@H](COCCC(C)C)OC4=O)C(=O)O3)cs2)cc1. The number of hydrogen-bond acceptors (Lipinski definition) is 8. The van der Waals surface area contributed by atoms with Gasteiger partial charge in [0.05, 0.1) is 12.3 Å². The van der Waals surface area contributed by atoms with E-state index in [4.69, 9.17) is 14.2 Å². The predicted molar refractivity (Wildman–Crippen MR) is 122 cm³/mol. The van der Waals surface area contributed by atoms with Crippen LogP contribution in [-0.2, 0) is 29.4 Å². The molecule has 0 radical (unpaired) electrons. The fourth-order valence-corrected chi connectivity index (χ4v) is 5.03. The van der Waals surface area contributed by atoms with Gasteiger partial charge in [-0.3, -0.25) is 9.59 Å². The largest absolute Gasteiger partial charge is 0.459 e. The highest BCUT2D eigenvalue weighted by molar-refractivity contribution is 7.13. The van der Waals surface area contributed by atoms with E-state index in [1.54, 1.807) is 0 Å². The standard InChI is InChI=1S/C24H30N2O5S/c1-15(2)9-10-29-12-18-11-24(20(27)30-18)14-23(4,31-21(24)28)19-13-32-22(26-19)25-17-7-5-16(3)6-8-17/h5-8,13,15,18H,9-12,14H2,1-4H3,(H,25,26)/t18-,23-,24+/m0/s1. The molecule has 3 heterocycles. The van der Waals surface area contributed by atoms with Gasteiger partial charge in [-0.05, 0) is 38.3 Å². The highest BCUT2D eigenvalue weighted by Crippen LogP contribution is 2.52. The summed E-state index contributed by atoms with van der Waals surface area (Å²) in [6.07, 6.45) is 1.00. The maximum absolute atomic E-state index is 12.9. The summed E-state index contributed by atoms with van der Waals surface area (Å²) >= 11 is 1.43. The van der Waals surface area contributed by atoms with Gasteiger partial charge in [0.2, 0.25) is 0 Å². The zero-order valence-corrected chi connectivity index (χ0v) is 19.8. The number of aromatic nitrogens is 1. The molecule has 7 nitrogen and oxygen atoms in total. The molecule has 4 rings (SSSR count). The first kappa shape index (κ1) is 22.7. The van der Waals surface area contributed by atoms with Crippen LogP contribution in [0.15, 0.2) is 29.6 Å². The van der Waals surface area contributed by atoms with Crippen LogP contribution in [-0.4, -0.2) is 36.2 Å². The second-order valence-electron chi connectivity index (χ2n) is 9.40. The lowest BCUT2D eigenvalue weighted by molar-refractivity contribution is -0.160. The highest BCUT2D eigenvalue weighted by atomic mass is 32.1. The number of esters is 2. The van der Waals surface area contributed by atoms with Gasteiger partial charge in [0.1, 0.15) is 6.10 Å². The van der Waals surface area contributed by atoms with Crippen molar-refractivity contribution >= 4 is 34.1 Å². The lowest BCUT2D eigenvalue weighted by Gasteiger charge is -2.20. The molecule has 1 aromatic heterocycles. The van der Waals surface area contributed by atoms with E-state index in [0.717, 1.165) is 12.1 Å². The van der Waals surface area contributed by atoms with Crippen LogP contribution in [0.25, 0.3) is 0 Å². The van der Waals surface area contributed by atoms with E-state index in [2.05, 4.69) is 24.1 Å². The Bertz CT molecular complexity index is 989. The Morgan fingerprint density at radius 1 is 1.25 bits per heavy atom. The third-order valence-corrected chi connectivity index (χ3v) is 6.84. The van der Waals surface area contributed by atoms with Crippen LogP contribution < -0.4 is 5.32 Å². The van der Waals surface area contributed by atoms with E-state index in [9.17, 15) is 9.59 Å². The Balaban J connectivity index is 1.42. The van der Waals surface area contributed by atoms with Crippen molar-refractivity contribution in [2.45, 2.75) is 58.7 Å². The maximum atomic E-state index is 12.9. The van der Waals surface area contributed by atoms with Crippen molar-refractivity contribution in [1.82, 2.24) is 4.98 Å². The number of ether oxygens (including phenoxy) is 3. The molecule has 3 atom stereocenters. The number of benzene rings is 1. The van der Waals surface area contributed by atoms with Crippen molar-refractivity contribution in [2.24, 2.45) is 11.3 Å². The molecule has 0 bridgehead atoms. The topological polar surface area (TPSA) is 86.8 Å². The number of carbonyl (C=O) groups is 2. The molecular weight excluding hydrogens is 428 g/mol. The first-order valence-corrected chi connectivity index (χ1v) is 11.9. The summed E-state index contributed by atoms with van der Waals surface area (Å²) in [5, 5.41) is 5.85. The van der Waals surface area contributed by atoms with Crippen LogP contribution >= 0.6 is 11.3 Å². The molecule has 1 N–H and O–H groups in total. The minimum atomic E-state index is -1.28. The van der Waals surface area contributed by atoms with Crippen molar-refractivity contribution in [2.75, 3.05) is 18.5 Å². The van der Waals surface area contributed by atoms with Gasteiger partial charge in [0.15, 0.2) is 16.1 Å². The Kier molecular flexibility index (Phi) is 6.27. The monoisotopic (exact) mass is 458 g/mol. The van der Waals surface area contributed by atoms with Gasteiger partial charge in [0, 0.05) is 30.5 Å². The van der Waals surface area contributed by atoms with Crippen LogP contribution in [0.5, 0.6) is 0 Å². The number of aryl methyl sites for hydroxylation is 1. The van der Waals surface area contributed by atoms with E-state index in [-0.39, 0.29) is 12.8 Å². The first-order valence-electron chi connectivity index (χ1n) is 11.0. The average molecular weight is 459 g/mol. The molecule has 0 aliphatic carbocycles. The highest BCUT2D eigenvalue weighted by Gasteiger charge is 2.65. The second kappa shape index (κ2) is 8.83. The Hall–Kier alpha value is -2.45. The molecule has 0 unspecified atom stereocenters. The number of thiazole rings is 1. The molecular formula is C24H30N2O5S. The molecule has 2 aliphatic rings. The number of hydrogen-bond donors (Lipinski definition) is 1. The summed E-state index contributed by atoms with van der Waals surface area (Å²) in [7, 11) is 0. The van der Waals surface area contributed by atoms with Crippen LogP contribution in [0, 0.1) is 18.3 Å². The lowest BCUT2D eigenvalue weighted by atomic mass is 9.78. The van der Waals surface area contributed by atoms with E-state index in [1.165, 1.54) is 16.9 Å². The summed E-state index contributed by atoms with van der Waals surface area (Å²) in [4.78, 5) is 30.3. The van der Waals surface area contributed by atoms with Crippen molar-refractivity contribution in [3.05, 3.63) is 40.9 Å². The van der Waals surface area contributed by atoms with Crippen molar-refractivity contribution in [3.8, 4) is 0 Å². The minimum Gasteiger partial charge on any atom is -0.459 e. The van der Waals surface area contributed by atoms with Gasteiger partial charge in [-0.2, -0.15) is 0 Å². The Labute approximate surface area is 192 Å². The molecule has 172 valence electrons. The molecule has 2 fully saturated rings. The predicted octanol–water partition coefficient (Wildman–Crippen LogP) is 4.72. The average Bonchev–Trinajstić information content (AvgIpc) is 3.39. The van der Waals surface area contributed by atoms with Crippen LogP contribution in [0.4, 0.5) is 10.8 Å². The molecule has 1 aromatic carbocycles. The lowest BCUT2D eigenvalue weighted by Crippen LogP contribution is -2.32. The van der Waals surface area contributed by atoms with Gasteiger partial charge in [0.25, 0.3) is 0 Å². The molecule has 0 saturated carbocycles. The smallest absolute Gasteiger partial charge is 0.324 e. The molecule has 1 spiro atoms. The summed E-state index contributed by atoms with van der Waals surface area (Å²) in [6, 6.07) is 8.02. The molecule has 2 saturated heterocycles. The molecule has 0 amide bonds. The van der Waals surface area contributed by atoms with Gasteiger partial charge in [-0.15, -0.1) is 11.3 Å². The molecule has 32 heavy (non-hydrogen) atoms. The zero-order chi connectivity index (χ0) is 22.9. The van der Waals surface area contributed by atoms with Crippen LogP contribution in [0.1, 0.15) is 51.3 Å². The van der Waals surface area contributed by atoms with Crippen molar-refractivity contribution in [1.29, 1.82) is 0 Å². The van der Waals surface area contributed by atoms with Crippen molar-refractivity contribution < 1.29 is 23.8 Å². The zero-order valence-electron chi connectivity index (χ0n) is 19.0. The van der Waals surface area contributed by atoms with Gasteiger partial charge in [-0.25, -0.2) is 4.98 Å². The number of cyclic esters (lactones) is 2. The fraction of sp³-hybridized carbons (Fsp3) is 0.542. The van der Waals surface area contributed by atoms with E-state index < -0.39 is 29.1 Å². The summed E-state index contributed by atoms with van der Waals surface area (Å²) in [5.74, 6) is -0.505. The normalized spacial score (nSPS) is 27.2. The number of nitrogens with one attached hydrogen (secondary N) is 1. The molecule has 2 aromatic rings. The minimum absolute atomic E-state index is 0.216. The first-order chi connectivity index (χ1) is 15.2. The Morgan fingerprint density at radius 2 is 2.00 bits per heavy atom. The van der Waals surface area contributed by atoms with E-state index >= 15 is 0 Å². The number of anilines is 2. The molecule has 2 aliphatic heterocycles. The third kappa shape index (κ3) is 4.52. The van der Waals surface area contributed by atoms with Gasteiger partial charge < -0.3 is 19.5 Å². The van der Waals surface area contributed by atoms with Crippen molar-refractivity contribution in [3.63, 3.8) is 0 Å². The number of rotatable bonds is 8.